The van der Waals surface area contributed by atoms with Crippen molar-refractivity contribution >= 4 is 28.9 Å². The Kier molecular flexibility index (Phi) is 7.71. The number of nitrogens with zero attached hydrogens (tertiary/aromatic N) is 3. The molecule has 0 radical (unpaired) electrons. The van der Waals surface area contributed by atoms with E-state index in [-0.39, 0.29) is 12.2 Å². The van der Waals surface area contributed by atoms with Crippen molar-refractivity contribution in [1.29, 1.82) is 0 Å². The first kappa shape index (κ1) is 28.2. The van der Waals surface area contributed by atoms with E-state index >= 15 is 0 Å². The molecule has 0 saturated carbocycles. The molecule has 0 bridgehead atoms. The van der Waals surface area contributed by atoms with Crippen LogP contribution in [0.25, 0.3) is 22.2 Å². The van der Waals surface area contributed by atoms with E-state index in [0.29, 0.717) is 49.7 Å². The van der Waals surface area contributed by atoms with Crippen molar-refractivity contribution in [2.45, 2.75) is 32.4 Å². The predicted octanol–water partition coefficient (Wildman–Crippen LogP) is 6.15. The molecule has 9 nitrogen and oxygen atoms in total. The second-order valence-corrected chi connectivity index (χ2v) is 10.5. The van der Waals surface area contributed by atoms with Crippen LogP contribution in [0, 0.1) is 11.6 Å². The SMILES string of the molecule is C/C=C(\N1CCOc2ccc(-c3ccc4nc(NC(=O)OC)[nH]c4c3)cc2C1)N1CCC(=O)CC1c1ccc(F)c(F)c1. The number of fused-ring (bicyclic) bond motifs is 2. The van der Waals surface area contributed by atoms with Gasteiger partial charge in [0.2, 0.25) is 5.95 Å². The number of methoxy groups -OCH3 is 1. The number of nitrogens with one attached hydrogen (secondary N) is 2. The normalized spacial score (nSPS) is 17.3. The van der Waals surface area contributed by atoms with Crippen LogP contribution in [-0.4, -0.2) is 58.5 Å². The molecule has 1 aromatic heterocycles. The number of rotatable bonds is 5. The molecule has 1 unspecified atom stereocenters. The Bertz CT molecular complexity index is 1740. The van der Waals surface area contributed by atoms with Crippen LogP contribution in [0.2, 0.25) is 0 Å². The van der Waals surface area contributed by atoms with Crippen LogP contribution in [-0.2, 0) is 16.1 Å². The molecule has 1 fully saturated rings. The summed E-state index contributed by atoms with van der Waals surface area (Å²) in [6.07, 6.45) is 2.00. The number of ketones is 1. The Balaban J connectivity index is 1.28. The van der Waals surface area contributed by atoms with Gasteiger partial charge in [-0.05, 0) is 66.1 Å². The van der Waals surface area contributed by atoms with Crippen LogP contribution in [0.1, 0.15) is 36.9 Å². The van der Waals surface area contributed by atoms with Crippen LogP contribution in [0.4, 0.5) is 19.5 Å². The highest BCUT2D eigenvalue weighted by atomic mass is 19.2. The van der Waals surface area contributed by atoms with Gasteiger partial charge in [-0.15, -0.1) is 0 Å². The van der Waals surface area contributed by atoms with Crippen molar-refractivity contribution < 1.29 is 27.8 Å². The lowest BCUT2D eigenvalue weighted by Crippen LogP contribution is -2.43. The fraction of sp³-hybridized carbons (Fsp3) is 0.281. The van der Waals surface area contributed by atoms with Crippen LogP contribution < -0.4 is 10.1 Å². The van der Waals surface area contributed by atoms with Crippen LogP contribution in [0.3, 0.4) is 0 Å². The van der Waals surface area contributed by atoms with Crippen LogP contribution >= 0.6 is 0 Å². The summed E-state index contributed by atoms with van der Waals surface area (Å²) in [6.45, 7) is 4.04. The third kappa shape index (κ3) is 5.75. The van der Waals surface area contributed by atoms with Crippen LogP contribution in [0.5, 0.6) is 5.75 Å². The number of allylic oxidation sites excluding steroid dienone is 1. The minimum atomic E-state index is -0.925. The molecule has 11 heteroatoms. The van der Waals surface area contributed by atoms with E-state index in [1.807, 2.05) is 43.3 Å². The summed E-state index contributed by atoms with van der Waals surface area (Å²) >= 11 is 0. The van der Waals surface area contributed by atoms with Gasteiger partial charge in [-0.1, -0.05) is 18.2 Å². The average Bonchev–Trinajstić information content (AvgIpc) is 3.29. The fourth-order valence-corrected chi connectivity index (χ4v) is 5.82. The third-order valence-corrected chi connectivity index (χ3v) is 7.90. The van der Waals surface area contributed by atoms with Gasteiger partial charge < -0.3 is 24.3 Å². The van der Waals surface area contributed by atoms with Gasteiger partial charge in [0.1, 0.15) is 24.0 Å². The van der Waals surface area contributed by atoms with Gasteiger partial charge in [-0.3, -0.25) is 10.1 Å². The van der Waals surface area contributed by atoms with E-state index < -0.39 is 23.8 Å². The number of halogens is 2. The van der Waals surface area contributed by atoms with Crippen molar-refractivity contribution in [2.24, 2.45) is 0 Å². The topological polar surface area (TPSA) is 99.8 Å². The number of aromatic nitrogens is 2. The van der Waals surface area contributed by atoms with Crippen molar-refractivity contribution in [3.8, 4) is 16.9 Å². The number of hydrogen-bond donors (Lipinski definition) is 2. The van der Waals surface area contributed by atoms with E-state index in [4.69, 9.17) is 4.74 Å². The molecule has 3 aromatic carbocycles. The summed E-state index contributed by atoms with van der Waals surface area (Å²) < 4.78 is 38.7. The molecule has 1 atom stereocenters. The number of carbonyl (C=O) groups is 2. The maximum Gasteiger partial charge on any atom is 0.413 e. The summed E-state index contributed by atoms with van der Waals surface area (Å²) in [5.74, 6) is 0.258. The Hall–Kier alpha value is -4.93. The van der Waals surface area contributed by atoms with Crippen molar-refractivity contribution in [3.63, 3.8) is 0 Å². The molecule has 3 heterocycles. The summed E-state index contributed by atoms with van der Waals surface area (Å²) in [7, 11) is 1.29. The molecule has 0 spiro atoms. The zero-order valence-electron chi connectivity index (χ0n) is 23.8. The van der Waals surface area contributed by atoms with E-state index in [1.165, 1.54) is 13.2 Å². The second-order valence-electron chi connectivity index (χ2n) is 10.5. The highest BCUT2D eigenvalue weighted by Gasteiger charge is 2.33. The van der Waals surface area contributed by atoms with Crippen molar-refractivity contribution in [2.75, 3.05) is 32.1 Å². The minimum absolute atomic E-state index is 0.0954. The van der Waals surface area contributed by atoms with Crippen molar-refractivity contribution in [3.05, 3.63) is 89.3 Å². The number of H-pyrrole nitrogens is 1. The monoisotopic (exact) mass is 587 g/mol. The molecular weight excluding hydrogens is 556 g/mol. The molecular formula is C32H31F2N5O4. The molecule has 43 heavy (non-hydrogen) atoms. The first-order valence-corrected chi connectivity index (χ1v) is 14.1. The number of likely N-dealkylation sites (tertiary alicyclic amines) is 1. The highest BCUT2D eigenvalue weighted by Crippen LogP contribution is 2.37. The molecule has 1 amide bonds. The molecule has 6 rings (SSSR count). The van der Waals surface area contributed by atoms with Gasteiger partial charge >= 0.3 is 6.09 Å². The van der Waals surface area contributed by atoms with Crippen LogP contribution in [0.15, 0.2) is 66.5 Å². The number of imidazole rings is 1. The quantitative estimate of drug-likeness (QED) is 0.289. The zero-order chi connectivity index (χ0) is 30.1. The maximum atomic E-state index is 14.2. The van der Waals surface area contributed by atoms with E-state index in [2.05, 4.69) is 35.9 Å². The molecule has 2 aliphatic heterocycles. The zero-order valence-corrected chi connectivity index (χ0v) is 23.8. The van der Waals surface area contributed by atoms with Gasteiger partial charge in [0, 0.05) is 31.5 Å². The van der Waals surface area contributed by atoms with Crippen molar-refractivity contribution in [1.82, 2.24) is 19.8 Å². The standard InChI is InChI=1S/C32H31F2N5O4/c1-3-30(39-11-10-23(40)17-28(39)21-4-7-24(33)25(34)15-21)38-12-13-43-29-9-6-19(14-22(29)18-38)20-5-8-26-27(16-20)36-31(35-26)37-32(41)42-2/h3-9,14-16,28H,10-13,17-18H2,1-2H3,(H2,35,36,37,41)/b30-3+. The van der Waals surface area contributed by atoms with E-state index in [1.54, 1.807) is 6.07 Å². The Labute approximate surface area is 247 Å². The summed E-state index contributed by atoms with van der Waals surface area (Å²) in [5.41, 5.74) is 4.96. The number of anilines is 1. The maximum absolute atomic E-state index is 14.2. The molecule has 0 aliphatic carbocycles. The molecule has 1 saturated heterocycles. The molecule has 2 N–H and O–H groups in total. The third-order valence-electron chi connectivity index (χ3n) is 7.90. The number of hydrogen-bond acceptors (Lipinski definition) is 7. The van der Waals surface area contributed by atoms with Gasteiger partial charge in [0.15, 0.2) is 11.6 Å². The number of ether oxygens (including phenoxy) is 2. The lowest BCUT2D eigenvalue weighted by atomic mass is 9.94. The Morgan fingerprint density at radius 2 is 1.91 bits per heavy atom. The van der Waals surface area contributed by atoms with Gasteiger partial charge in [-0.25, -0.2) is 18.6 Å². The smallest absolute Gasteiger partial charge is 0.413 e. The first-order valence-electron chi connectivity index (χ1n) is 14.1. The largest absolute Gasteiger partial charge is 0.491 e. The summed E-state index contributed by atoms with van der Waals surface area (Å²) in [4.78, 5) is 35.9. The van der Waals surface area contributed by atoms with Gasteiger partial charge in [0.05, 0.1) is 30.7 Å². The number of amides is 1. The average molecular weight is 588 g/mol. The Morgan fingerprint density at radius 3 is 2.70 bits per heavy atom. The number of piperidine rings is 1. The molecule has 2 aliphatic rings. The number of aromatic amines is 1. The molecule has 222 valence electrons. The minimum Gasteiger partial charge on any atom is -0.491 e. The summed E-state index contributed by atoms with van der Waals surface area (Å²) in [6, 6.07) is 15.3. The highest BCUT2D eigenvalue weighted by molar-refractivity contribution is 5.88. The lowest BCUT2D eigenvalue weighted by Gasteiger charge is -2.42. The fourth-order valence-electron chi connectivity index (χ4n) is 5.82. The van der Waals surface area contributed by atoms with Gasteiger partial charge in [0.25, 0.3) is 0 Å². The predicted molar refractivity (Wildman–Crippen MR) is 157 cm³/mol. The number of Topliss-reactive ketones (excluding diaryl/α,β-unsaturated/α-hetero) is 1. The van der Waals surface area contributed by atoms with Gasteiger partial charge in [-0.2, -0.15) is 0 Å². The van der Waals surface area contributed by atoms with E-state index in [9.17, 15) is 18.4 Å². The van der Waals surface area contributed by atoms with E-state index in [0.717, 1.165) is 39.8 Å². The summed E-state index contributed by atoms with van der Waals surface area (Å²) in [5, 5.41) is 2.54. The number of benzene rings is 3. The second kappa shape index (κ2) is 11.7. The number of carbonyl (C=O) groups excluding carboxylic acids is 2. The Morgan fingerprint density at radius 1 is 1.09 bits per heavy atom. The first-order chi connectivity index (χ1) is 20.8. The molecule has 4 aromatic rings. The lowest BCUT2D eigenvalue weighted by molar-refractivity contribution is -0.123.